The minimum Gasteiger partial charge on any atom is -0.313 e. The summed E-state index contributed by atoms with van der Waals surface area (Å²) in [5.41, 5.74) is 0.565. The van der Waals surface area contributed by atoms with Gasteiger partial charge in [0, 0.05) is 19.0 Å². The van der Waals surface area contributed by atoms with E-state index in [4.69, 9.17) is 0 Å². The summed E-state index contributed by atoms with van der Waals surface area (Å²) in [5, 5.41) is 10.9. The van der Waals surface area contributed by atoms with E-state index >= 15 is 0 Å². The second-order valence-electron chi connectivity index (χ2n) is 3.85. The van der Waals surface area contributed by atoms with Gasteiger partial charge in [-0.15, -0.1) is 5.10 Å². The van der Waals surface area contributed by atoms with Gasteiger partial charge in [0.1, 0.15) is 5.69 Å². The number of carbonyl (C=O) groups is 1. The van der Waals surface area contributed by atoms with Gasteiger partial charge in [0.25, 0.3) is 0 Å². The summed E-state index contributed by atoms with van der Waals surface area (Å²) >= 11 is 3.25. The molecular formula is C9H13BrN4O. The van der Waals surface area contributed by atoms with E-state index in [1.807, 2.05) is 6.92 Å². The Hall–Kier alpha value is -0.750. The fourth-order valence-corrected chi connectivity index (χ4v) is 2.51. The van der Waals surface area contributed by atoms with Crippen LogP contribution in [0, 0.1) is 5.92 Å². The van der Waals surface area contributed by atoms with Crippen molar-refractivity contribution in [1.82, 2.24) is 20.3 Å². The maximum atomic E-state index is 12.2. The number of halogens is 1. The van der Waals surface area contributed by atoms with E-state index in [0.717, 1.165) is 13.0 Å². The Morgan fingerprint density at radius 2 is 2.40 bits per heavy atom. The third-order valence-electron chi connectivity index (χ3n) is 2.88. The number of Topliss-reactive ketones (excluding diaryl/α,β-unsaturated/α-hetero) is 1. The van der Waals surface area contributed by atoms with Crippen LogP contribution in [-0.2, 0) is 7.05 Å². The first-order chi connectivity index (χ1) is 7.11. The Bertz CT molecular complexity index is 370. The number of carbonyl (C=O) groups excluding carboxylic acids is 1. The van der Waals surface area contributed by atoms with Gasteiger partial charge in [-0.05, 0) is 35.8 Å². The van der Waals surface area contributed by atoms with Crippen molar-refractivity contribution in [1.29, 1.82) is 0 Å². The van der Waals surface area contributed by atoms with Crippen LogP contribution < -0.4 is 5.32 Å². The van der Waals surface area contributed by atoms with Gasteiger partial charge in [0.05, 0.1) is 0 Å². The average Bonchev–Trinajstić information content (AvgIpc) is 2.73. The lowest BCUT2D eigenvalue weighted by atomic mass is 9.95. The molecule has 0 bridgehead atoms. The van der Waals surface area contributed by atoms with Crippen molar-refractivity contribution < 1.29 is 4.79 Å². The molecule has 2 heterocycles. The Morgan fingerprint density at radius 3 is 2.87 bits per heavy atom. The molecule has 0 radical (unpaired) electrons. The largest absolute Gasteiger partial charge is 0.313 e. The van der Waals surface area contributed by atoms with Crippen molar-refractivity contribution in [3.8, 4) is 0 Å². The van der Waals surface area contributed by atoms with Crippen LogP contribution in [0.5, 0.6) is 0 Å². The predicted molar refractivity (Wildman–Crippen MR) is 58.6 cm³/mol. The molecule has 0 aliphatic carbocycles. The zero-order valence-corrected chi connectivity index (χ0v) is 10.3. The summed E-state index contributed by atoms with van der Waals surface area (Å²) in [5.74, 6) is 0.158. The molecular weight excluding hydrogens is 260 g/mol. The maximum Gasteiger partial charge on any atom is 0.188 e. The Balaban J connectivity index is 2.28. The van der Waals surface area contributed by atoms with E-state index in [1.54, 1.807) is 7.05 Å². The van der Waals surface area contributed by atoms with Crippen molar-refractivity contribution in [2.24, 2.45) is 13.0 Å². The number of nitrogens with zero attached hydrogens (tertiary/aromatic N) is 3. The summed E-state index contributed by atoms with van der Waals surface area (Å²) in [6.45, 7) is 2.94. The normalized spacial score (nSPS) is 25.8. The number of aromatic nitrogens is 3. The quantitative estimate of drug-likeness (QED) is 0.808. The van der Waals surface area contributed by atoms with Crippen LogP contribution in [0.3, 0.4) is 0 Å². The molecule has 1 aromatic rings. The van der Waals surface area contributed by atoms with Crippen LogP contribution in [-0.4, -0.2) is 33.4 Å². The van der Waals surface area contributed by atoms with E-state index in [2.05, 4.69) is 31.6 Å². The van der Waals surface area contributed by atoms with Crippen LogP contribution in [0.15, 0.2) is 4.60 Å². The van der Waals surface area contributed by atoms with Crippen LogP contribution in [0.4, 0.5) is 0 Å². The molecule has 1 saturated heterocycles. The van der Waals surface area contributed by atoms with Crippen molar-refractivity contribution in [2.45, 2.75) is 19.4 Å². The molecule has 1 aliphatic rings. The number of nitrogens with one attached hydrogen (secondary N) is 1. The molecule has 1 aromatic heterocycles. The van der Waals surface area contributed by atoms with Crippen molar-refractivity contribution in [2.75, 3.05) is 6.54 Å². The molecule has 1 N–H and O–H groups in total. The van der Waals surface area contributed by atoms with Gasteiger partial charge < -0.3 is 5.32 Å². The minimum absolute atomic E-state index is 0.0403. The molecule has 2 atom stereocenters. The van der Waals surface area contributed by atoms with Crippen LogP contribution in [0.1, 0.15) is 23.8 Å². The van der Waals surface area contributed by atoms with Crippen LogP contribution in [0.25, 0.3) is 0 Å². The zero-order valence-electron chi connectivity index (χ0n) is 8.70. The highest BCUT2D eigenvalue weighted by Gasteiger charge is 2.33. The minimum atomic E-state index is 0.0403. The third-order valence-corrected chi connectivity index (χ3v) is 3.42. The van der Waals surface area contributed by atoms with Gasteiger partial charge in [0.2, 0.25) is 0 Å². The second kappa shape index (κ2) is 4.02. The number of hydrogen-bond donors (Lipinski definition) is 1. The molecule has 5 nitrogen and oxygen atoms in total. The highest BCUT2D eigenvalue weighted by atomic mass is 79.9. The van der Waals surface area contributed by atoms with E-state index in [1.165, 1.54) is 4.68 Å². The predicted octanol–water partition coefficient (Wildman–Crippen LogP) is 0.758. The molecule has 0 amide bonds. The van der Waals surface area contributed by atoms with Crippen LogP contribution in [0.2, 0.25) is 0 Å². The van der Waals surface area contributed by atoms with Crippen molar-refractivity contribution >= 4 is 21.7 Å². The lowest BCUT2D eigenvalue weighted by Gasteiger charge is -2.13. The first-order valence-corrected chi connectivity index (χ1v) is 5.73. The highest BCUT2D eigenvalue weighted by Crippen LogP contribution is 2.23. The van der Waals surface area contributed by atoms with Gasteiger partial charge >= 0.3 is 0 Å². The molecule has 2 rings (SSSR count). The van der Waals surface area contributed by atoms with E-state index in [-0.39, 0.29) is 17.7 Å². The van der Waals surface area contributed by atoms with Crippen molar-refractivity contribution in [3.05, 3.63) is 10.3 Å². The van der Waals surface area contributed by atoms with Gasteiger partial charge in [-0.25, -0.2) is 4.68 Å². The van der Waals surface area contributed by atoms with Gasteiger partial charge in [-0.2, -0.15) is 0 Å². The molecule has 1 aliphatic heterocycles. The summed E-state index contributed by atoms with van der Waals surface area (Å²) < 4.78 is 2.06. The first-order valence-electron chi connectivity index (χ1n) is 4.94. The first kappa shape index (κ1) is 10.8. The number of hydrogen-bond acceptors (Lipinski definition) is 4. The summed E-state index contributed by atoms with van der Waals surface area (Å²) in [7, 11) is 1.73. The van der Waals surface area contributed by atoms with Gasteiger partial charge in [0.15, 0.2) is 10.4 Å². The number of aryl methyl sites for hydroxylation is 1. The molecule has 1 fully saturated rings. The van der Waals surface area contributed by atoms with E-state index in [9.17, 15) is 4.79 Å². The standard InChI is InChI=1S/C9H13BrN4O/c1-5-6(3-4-11-5)8(15)7-9(10)12-13-14(7)2/h5-6,11H,3-4H2,1-2H3. The van der Waals surface area contributed by atoms with Gasteiger partial charge in [-0.3, -0.25) is 4.79 Å². The number of ketones is 1. The molecule has 15 heavy (non-hydrogen) atoms. The zero-order chi connectivity index (χ0) is 11.0. The van der Waals surface area contributed by atoms with Crippen LogP contribution >= 0.6 is 15.9 Å². The average molecular weight is 273 g/mol. The Kier molecular flexibility index (Phi) is 2.88. The highest BCUT2D eigenvalue weighted by molar-refractivity contribution is 9.10. The molecule has 0 spiro atoms. The molecule has 0 saturated carbocycles. The lowest BCUT2D eigenvalue weighted by Crippen LogP contribution is -2.29. The van der Waals surface area contributed by atoms with E-state index < -0.39 is 0 Å². The molecule has 2 unspecified atom stereocenters. The monoisotopic (exact) mass is 272 g/mol. The van der Waals surface area contributed by atoms with Gasteiger partial charge in [-0.1, -0.05) is 5.21 Å². The molecule has 0 aromatic carbocycles. The topological polar surface area (TPSA) is 59.8 Å². The maximum absolute atomic E-state index is 12.2. The second-order valence-corrected chi connectivity index (χ2v) is 4.61. The summed E-state index contributed by atoms with van der Waals surface area (Å²) in [4.78, 5) is 12.2. The Morgan fingerprint density at radius 1 is 1.67 bits per heavy atom. The molecule has 6 heteroatoms. The summed E-state index contributed by atoms with van der Waals surface area (Å²) in [6, 6.07) is 0.235. The Labute approximate surface area is 96.4 Å². The smallest absolute Gasteiger partial charge is 0.188 e. The third kappa shape index (κ3) is 1.83. The fourth-order valence-electron chi connectivity index (χ4n) is 1.99. The lowest BCUT2D eigenvalue weighted by molar-refractivity contribution is 0.0903. The summed E-state index contributed by atoms with van der Waals surface area (Å²) in [6.07, 6.45) is 0.887. The fraction of sp³-hybridized carbons (Fsp3) is 0.667. The SMILES string of the molecule is CC1NCCC1C(=O)c1c(Br)nnn1C. The van der Waals surface area contributed by atoms with E-state index in [0.29, 0.717) is 10.3 Å². The molecule has 82 valence electrons. The number of rotatable bonds is 2. The van der Waals surface area contributed by atoms with Crippen molar-refractivity contribution in [3.63, 3.8) is 0 Å².